The predicted molar refractivity (Wildman–Crippen MR) is 127 cm³/mol. The van der Waals surface area contributed by atoms with E-state index in [2.05, 4.69) is 15.0 Å². The summed E-state index contributed by atoms with van der Waals surface area (Å²) in [6.07, 6.45) is -1.90. The van der Waals surface area contributed by atoms with E-state index in [-0.39, 0.29) is 11.7 Å². The van der Waals surface area contributed by atoms with E-state index < -0.39 is 24.8 Å². The number of halogens is 3. The van der Waals surface area contributed by atoms with Gasteiger partial charge in [0.15, 0.2) is 5.78 Å². The fraction of sp³-hybridized carbons (Fsp3) is 0.308. The summed E-state index contributed by atoms with van der Waals surface area (Å²) in [4.78, 5) is 26.0. The zero-order valence-corrected chi connectivity index (χ0v) is 19.8. The molecule has 9 heteroatoms. The van der Waals surface area contributed by atoms with Crippen LogP contribution in [0.15, 0.2) is 49.1 Å². The minimum absolute atomic E-state index is 0.111. The average molecular weight is 483 g/mol. The first-order chi connectivity index (χ1) is 16.5. The molecule has 4 aromatic rings. The topological polar surface area (TPSA) is 69.9 Å². The average Bonchev–Trinajstić information content (AvgIpc) is 3.16. The molecule has 0 atom stereocenters. The number of benzene rings is 1. The second-order valence-corrected chi connectivity index (χ2v) is 8.69. The highest BCUT2D eigenvalue weighted by Crippen LogP contribution is 2.33. The van der Waals surface area contributed by atoms with Crippen LogP contribution in [0.1, 0.15) is 48.2 Å². The summed E-state index contributed by atoms with van der Waals surface area (Å²) in [5.41, 5.74) is 4.31. The van der Waals surface area contributed by atoms with Crippen molar-refractivity contribution in [2.24, 2.45) is 0 Å². The van der Waals surface area contributed by atoms with Crippen molar-refractivity contribution in [1.29, 1.82) is 0 Å². The van der Waals surface area contributed by atoms with Crippen LogP contribution in [0, 0.1) is 13.8 Å². The molecule has 182 valence electrons. The van der Waals surface area contributed by atoms with E-state index in [0.717, 1.165) is 16.7 Å². The van der Waals surface area contributed by atoms with Crippen LogP contribution in [0.25, 0.3) is 28.0 Å². The molecule has 0 aliphatic rings. The number of ether oxygens (including phenoxy) is 1. The van der Waals surface area contributed by atoms with Crippen molar-refractivity contribution in [3.63, 3.8) is 0 Å². The first kappa shape index (κ1) is 24.4. The molecule has 0 radical (unpaired) electrons. The third-order valence-corrected chi connectivity index (χ3v) is 5.59. The second-order valence-electron chi connectivity index (χ2n) is 8.69. The number of aryl methyl sites for hydroxylation is 2. The lowest BCUT2D eigenvalue weighted by Gasteiger charge is -2.11. The molecule has 0 saturated carbocycles. The van der Waals surface area contributed by atoms with Crippen LogP contribution in [0.5, 0.6) is 5.88 Å². The van der Waals surface area contributed by atoms with Gasteiger partial charge in [0, 0.05) is 35.2 Å². The monoisotopic (exact) mass is 482 g/mol. The summed E-state index contributed by atoms with van der Waals surface area (Å²) < 4.78 is 45.8. The van der Waals surface area contributed by atoms with E-state index in [0.29, 0.717) is 28.3 Å². The van der Waals surface area contributed by atoms with Crippen molar-refractivity contribution in [3.05, 3.63) is 65.7 Å². The Labute approximate surface area is 200 Å². The van der Waals surface area contributed by atoms with Crippen LogP contribution < -0.4 is 4.74 Å². The lowest BCUT2D eigenvalue weighted by atomic mass is 9.98. The fourth-order valence-electron chi connectivity index (χ4n) is 4.05. The number of ketones is 1. The Morgan fingerprint density at radius 3 is 2.46 bits per heavy atom. The van der Waals surface area contributed by atoms with Crippen molar-refractivity contribution < 1.29 is 22.7 Å². The van der Waals surface area contributed by atoms with Crippen LogP contribution in [0.4, 0.5) is 13.2 Å². The first-order valence-corrected chi connectivity index (χ1v) is 11.2. The molecule has 3 heterocycles. The first-order valence-electron chi connectivity index (χ1n) is 11.2. The molecule has 0 amide bonds. The number of aromatic nitrogens is 4. The Balaban J connectivity index is 1.88. The Morgan fingerprint density at radius 1 is 1.09 bits per heavy atom. The molecule has 0 aliphatic heterocycles. The maximum atomic E-state index is 13.0. The van der Waals surface area contributed by atoms with Crippen LogP contribution >= 0.6 is 0 Å². The van der Waals surface area contributed by atoms with E-state index >= 15 is 0 Å². The van der Waals surface area contributed by atoms with Gasteiger partial charge in [-0.05, 0) is 44.9 Å². The minimum Gasteiger partial charge on any atom is -0.475 e. The molecule has 3 aromatic heterocycles. The van der Waals surface area contributed by atoms with Gasteiger partial charge >= 0.3 is 6.18 Å². The summed E-state index contributed by atoms with van der Waals surface area (Å²) in [6, 6.07) is 9.25. The van der Waals surface area contributed by atoms with Crippen LogP contribution in [0.2, 0.25) is 0 Å². The molecule has 4 rings (SSSR count). The number of fused-ring (bicyclic) bond motifs is 1. The van der Waals surface area contributed by atoms with Gasteiger partial charge < -0.3 is 4.74 Å². The quantitative estimate of drug-likeness (QED) is 0.285. The van der Waals surface area contributed by atoms with Crippen molar-refractivity contribution in [1.82, 2.24) is 19.5 Å². The number of Topliss-reactive ketones (excluding diaryl/α,β-unsaturated/α-hetero) is 1. The molecule has 0 bridgehead atoms. The molecule has 0 spiro atoms. The van der Waals surface area contributed by atoms with Gasteiger partial charge in [0.2, 0.25) is 5.88 Å². The summed E-state index contributed by atoms with van der Waals surface area (Å²) in [5.74, 6) is 0.159. The Hall–Kier alpha value is -3.75. The molecule has 0 aliphatic carbocycles. The van der Waals surface area contributed by atoms with E-state index in [1.165, 1.54) is 12.5 Å². The smallest absolute Gasteiger partial charge is 0.389 e. The van der Waals surface area contributed by atoms with Gasteiger partial charge in [0.05, 0.1) is 29.9 Å². The molecule has 6 nitrogen and oxygen atoms in total. The normalized spacial score (nSPS) is 11.9. The molecule has 0 unspecified atom stereocenters. The van der Waals surface area contributed by atoms with Crippen molar-refractivity contribution in [3.8, 4) is 23.0 Å². The summed E-state index contributed by atoms with van der Waals surface area (Å²) in [5, 5.41) is 0.509. The number of nitrogens with zero attached hydrogens (tertiary/aromatic N) is 4. The van der Waals surface area contributed by atoms with E-state index in [4.69, 9.17) is 4.74 Å². The zero-order chi connectivity index (χ0) is 25.3. The SMILES string of the molecule is Cc1cccc(C)c1-c1cc2c(C(=O)CCC(F)(F)F)cn(-c3cc(OC(C)C)ncn3)c2cn1. The largest absolute Gasteiger partial charge is 0.475 e. The third-order valence-electron chi connectivity index (χ3n) is 5.59. The number of rotatable bonds is 7. The fourth-order valence-corrected chi connectivity index (χ4v) is 4.05. The second kappa shape index (κ2) is 9.48. The number of alkyl halides is 3. The molecule has 0 N–H and O–H groups in total. The summed E-state index contributed by atoms with van der Waals surface area (Å²) >= 11 is 0. The lowest BCUT2D eigenvalue weighted by Crippen LogP contribution is -2.10. The zero-order valence-electron chi connectivity index (χ0n) is 19.8. The van der Waals surface area contributed by atoms with Crippen LogP contribution in [0.3, 0.4) is 0 Å². The van der Waals surface area contributed by atoms with Gasteiger partial charge in [-0.25, -0.2) is 9.97 Å². The number of carbonyl (C=O) groups is 1. The van der Waals surface area contributed by atoms with Crippen LogP contribution in [-0.2, 0) is 0 Å². The highest BCUT2D eigenvalue weighted by molar-refractivity contribution is 6.09. The number of carbonyl (C=O) groups excluding carboxylic acids is 1. The van der Waals surface area contributed by atoms with Gasteiger partial charge in [-0.2, -0.15) is 13.2 Å². The number of pyridine rings is 1. The molecule has 1 aromatic carbocycles. The van der Waals surface area contributed by atoms with Crippen molar-refractivity contribution in [2.75, 3.05) is 0 Å². The van der Waals surface area contributed by atoms with E-state index in [1.54, 1.807) is 22.9 Å². The van der Waals surface area contributed by atoms with Gasteiger partial charge in [-0.1, -0.05) is 18.2 Å². The lowest BCUT2D eigenvalue weighted by molar-refractivity contribution is -0.133. The molecule has 0 fully saturated rings. The van der Waals surface area contributed by atoms with E-state index in [1.807, 2.05) is 45.9 Å². The standard InChI is InChI=1S/C26H25F3N4O2/c1-15(2)35-24-11-23(31-14-32-24)33-13-19(22(34)8-9-26(27,28)29)18-10-20(30-12-21(18)33)25-16(3)6-5-7-17(25)4/h5-7,10-15H,8-9H2,1-4H3. The Bertz CT molecular complexity index is 1370. The maximum absolute atomic E-state index is 13.0. The molecular weight excluding hydrogens is 457 g/mol. The predicted octanol–water partition coefficient (Wildman–Crippen LogP) is 6.41. The molecule has 35 heavy (non-hydrogen) atoms. The Morgan fingerprint density at radius 2 is 1.80 bits per heavy atom. The highest BCUT2D eigenvalue weighted by atomic mass is 19.4. The van der Waals surface area contributed by atoms with E-state index in [9.17, 15) is 18.0 Å². The molecular formula is C26H25F3N4O2. The van der Waals surface area contributed by atoms with Crippen LogP contribution in [-0.4, -0.2) is 37.6 Å². The van der Waals surface area contributed by atoms with Gasteiger partial charge in [-0.3, -0.25) is 14.3 Å². The highest BCUT2D eigenvalue weighted by Gasteiger charge is 2.29. The number of hydrogen-bond donors (Lipinski definition) is 0. The summed E-state index contributed by atoms with van der Waals surface area (Å²) in [7, 11) is 0. The summed E-state index contributed by atoms with van der Waals surface area (Å²) in [6.45, 7) is 7.66. The van der Waals surface area contributed by atoms with Gasteiger partial charge in [0.1, 0.15) is 12.1 Å². The van der Waals surface area contributed by atoms with Crippen molar-refractivity contribution >= 4 is 16.7 Å². The number of hydrogen-bond acceptors (Lipinski definition) is 5. The van der Waals surface area contributed by atoms with Gasteiger partial charge in [-0.15, -0.1) is 0 Å². The molecule has 0 saturated heterocycles. The Kier molecular flexibility index (Phi) is 6.60. The maximum Gasteiger partial charge on any atom is 0.389 e. The van der Waals surface area contributed by atoms with Gasteiger partial charge in [0.25, 0.3) is 0 Å². The third kappa shape index (κ3) is 5.34. The van der Waals surface area contributed by atoms with Crippen molar-refractivity contribution in [2.45, 2.75) is 52.8 Å². The minimum atomic E-state index is -4.42.